The summed E-state index contributed by atoms with van der Waals surface area (Å²) >= 11 is 5.78. The zero-order valence-electron chi connectivity index (χ0n) is 9.50. The van der Waals surface area contributed by atoms with Gasteiger partial charge in [0.05, 0.1) is 6.61 Å². The van der Waals surface area contributed by atoms with Gasteiger partial charge in [-0.2, -0.15) is 0 Å². The van der Waals surface area contributed by atoms with Crippen LogP contribution in [0.3, 0.4) is 0 Å². The highest BCUT2D eigenvalue weighted by atomic mass is 35.5. The lowest BCUT2D eigenvalue weighted by atomic mass is 9.96. The van der Waals surface area contributed by atoms with Crippen LogP contribution in [0.25, 0.3) is 0 Å². The summed E-state index contributed by atoms with van der Waals surface area (Å²) in [6.07, 6.45) is 2.11. The third kappa shape index (κ3) is 2.92. The lowest BCUT2D eigenvalue weighted by molar-refractivity contribution is 0.158. The van der Waals surface area contributed by atoms with E-state index in [4.69, 9.17) is 21.1 Å². The van der Waals surface area contributed by atoms with Crippen molar-refractivity contribution < 1.29 is 9.47 Å². The van der Waals surface area contributed by atoms with Gasteiger partial charge in [0.15, 0.2) is 0 Å². The molecule has 0 saturated carbocycles. The molecule has 1 aromatic carbocycles. The maximum absolute atomic E-state index is 5.78. The summed E-state index contributed by atoms with van der Waals surface area (Å²) in [6, 6.07) is 7.32. The second kappa shape index (κ2) is 4.38. The van der Waals surface area contributed by atoms with Crippen LogP contribution in [-0.2, 0) is 4.74 Å². The van der Waals surface area contributed by atoms with Gasteiger partial charge in [0, 0.05) is 10.4 Å². The third-order valence-corrected chi connectivity index (χ3v) is 2.63. The van der Waals surface area contributed by atoms with Crippen LogP contribution in [0, 0.1) is 5.41 Å². The maximum Gasteiger partial charge on any atom is 0.145 e. The first-order valence-electron chi connectivity index (χ1n) is 5.28. The fourth-order valence-corrected chi connectivity index (χ4v) is 1.69. The smallest absolute Gasteiger partial charge is 0.145 e. The molecule has 0 bridgehead atoms. The summed E-state index contributed by atoms with van der Waals surface area (Å²) in [5, 5.41) is 0.713. The molecule has 1 aliphatic heterocycles. The van der Waals surface area contributed by atoms with Crippen LogP contribution in [-0.4, -0.2) is 13.2 Å². The van der Waals surface area contributed by atoms with Crippen LogP contribution in [0.4, 0.5) is 0 Å². The summed E-state index contributed by atoms with van der Waals surface area (Å²) in [6.45, 7) is 5.49. The molecule has 2 rings (SSSR count). The Morgan fingerprint density at radius 1 is 1.31 bits per heavy atom. The predicted molar refractivity (Wildman–Crippen MR) is 64.8 cm³/mol. The Bertz CT molecular complexity index is 393. The molecule has 0 aromatic heterocycles. The first kappa shape index (κ1) is 11.3. The van der Waals surface area contributed by atoms with Crippen LogP contribution in [0.2, 0.25) is 5.02 Å². The largest absolute Gasteiger partial charge is 0.494 e. The Morgan fingerprint density at radius 3 is 2.56 bits per heavy atom. The van der Waals surface area contributed by atoms with Crippen molar-refractivity contribution in [2.45, 2.75) is 13.8 Å². The van der Waals surface area contributed by atoms with Crippen LogP contribution >= 0.6 is 11.6 Å². The fraction of sp³-hybridized carbons (Fsp3) is 0.385. The van der Waals surface area contributed by atoms with E-state index in [1.807, 2.05) is 24.3 Å². The molecule has 1 aromatic rings. The molecule has 0 radical (unpaired) electrons. The Kier molecular flexibility index (Phi) is 3.10. The molecule has 1 aliphatic rings. The monoisotopic (exact) mass is 238 g/mol. The number of halogens is 1. The van der Waals surface area contributed by atoms with E-state index >= 15 is 0 Å². The topological polar surface area (TPSA) is 18.5 Å². The first-order valence-corrected chi connectivity index (χ1v) is 5.66. The van der Waals surface area contributed by atoms with Gasteiger partial charge in [-0.05, 0) is 30.3 Å². The number of hydrogen-bond donors (Lipinski definition) is 0. The predicted octanol–water partition coefficient (Wildman–Crippen LogP) is 3.66. The summed E-state index contributed by atoms with van der Waals surface area (Å²) in [4.78, 5) is 0. The molecule has 0 N–H and O–H groups in total. The normalized spacial score (nSPS) is 17.8. The maximum atomic E-state index is 5.78. The van der Waals surface area contributed by atoms with Crippen LogP contribution in [0.1, 0.15) is 13.8 Å². The fourth-order valence-electron chi connectivity index (χ4n) is 1.57. The number of hydrogen-bond acceptors (Lipinski definition) is 2. The average molecular weight is 239 g/mol. The van der Waals surface area contributed by atoms with E-state index in [2.05, 4.69) is 19.9 Å². The van der Waals surface area contributed by atoms with Gasteiger partial charge in [-0.15, -0.1) is 0 Å². The van der Waals surface area contributed by atoms with E-state index in [1.165, 1.54) is 0 Å². The van der Waals surface area contributed by atoms with E-state index in [9.17, 15) is 0 Å². The number of rotatable bonds is 3. The van der Waals surface area contributed by atoms with E-state index in [-0.39, 0.29) is 5.41 Å². The van der Waals surface area contributed by atoms with Gasteiger partial charge in [0.25, 0.3) is 0 Å². The van der Waals surface area contributed by atoms with Gasteiger partial charge in [-0.25, -0.2) is 0 Å². The minimum Gasteiger partial charge on any atom is -0.494 e. The Labute approximate surface area is 101 Å². The van der Waals surface area contributed by atoms with Gasteiger partial charge < -0.3 is 9.47 Å². The van der Waals surface area contributed by atoms with Crippen molar-refractivity contribution in [1.29, 1.82) is 0 Å². The van der Waals surface area contributed by atoms with Crippen molar-refractivity contribution in [3.63, 3.8) is 0 Å². The minimum atomic E-state index is 0.124. The highest BCUT2D eigenvalue weighted by molar-refractivity contribution is 6.30. The lowest BCUT2D eigenvalue weighted by Crippen LogP contribution is -2.08. The summed E-state index contributed by atoms with van der Waals surface area (Å²) in [7, 11) is 0. The van der Waals surface area contributed by atoms with Crippen LogP contribution in [0.15, 0.2) is 36.1 Å². The second-order valence-electron chi connectivity index (χ2n) is 4.63. The molecule has 0 unspecified atom stereocenters. The quantitative estimate of drug-likeness (QED) is 0.800. The minimum absolute atomic E-state index is 0.124. The van der Waals surface area contributed by atoms with E-state index < -0.39 is 0 Å². The molecular weight excluding hydrogens is 224 g/mol. The lowest BCUT2D eigenvalue weighted by Gasteiger charge is -2.10. The molecule has 16 heavy (non-hydrogen) atoms. The van der Waals surface area contributed by atoms with E-state index in [0.29, 0.717) is 11.6 Å². The molecule has 0 aliphatic carbocycles. The SMILES string of the molecule is CC1(C)C=C(COc2ccc(Cl)cc2)OC1. The summed E-state index contributed by atoms with van der Waals surface area (Å²) in [5.41, 5.74) is 0.124. The van der Waals surface area contributed by atoms with Gasteiger partial charge in [0.1, 0.15) is 18.1 Å². The van der Waals surface area contributed by atoms with Crippen LogP contribution < -0.4 is 4.74 Å². The highest BCUT2D eigenvalue weighted by Gasteiger charge is 2.24. The molecule has 86 valence electrons. The van der Waals surface area contributed by atoms with Gasteiger partial charge in [-0.3, -0.25) is 0 Å². The third-order valence-electron chi connectivity index (χ3n) is 2.38. The molecule has 2 nitrogen and oxygen atoms in total. The molecule has 0 saturated heterocycles. The molecule has 3 heteroatoms. The van der Waals surface area contributed by atoms with E-state index in [1.54, 1.807) is 0 Å². The molecule has 0 spiro atoms. The van der Waals surface area contributed by atoms with Crippen molar-refractivity contribution in [3.05, 3.63) is 41.1 Å². The van der Waals surface area contributed by atoms with Crippen molar-refractivity contribution >= 4 is 11.6 Å². The van der Waals surface area contributed by atoms with Crippen molar-refractivity contribution in [3.8, 4) is 5.75 Å². The Hall–Kier alpha value is -1.15. The number of ether oxygens (including phenoxy) is 2. The van der Waals surface area contributed by atoms with Crippen molar-refractivity contribution in [2.24, 2.45) is 5.41 Å². The molecular formula is C13H15ClO2. The van der Waals surface area contributed by atoms with Gasteiger partial charge in [0.2, 0.25) is 0 Å². The van der Waals surface area contributed by atoms with Crippen molar-refractivity contribution in [1.82, 2.24) is 0 Å². The summed E-state index contributed by atoms with van der Waals surface area (Å²) < 4.78 is 11.1. The standard InChI is InChI=1S/C13H15ClO2/c1-13(2)7-12(16-9-13)8-15-11-5-3-10(14)4-6-11/h3-7H,8-9H2,1-2H3. The van der Waals surface area contributed by atoms with E-state index in [0.717, 1.165) is 18.1 Å². The molecule has 0 amide bonds. The van der Waals surface area contributed by atoms with Crippen LogP contribution in [0.5, 0.6) is 5.75 Å². The number of benzene rings is 1. The molecule has 0 atom stereocenters. The highest BCUT2D eigenvalue weighted by Crippen LogP contribution is 2.28. The zero-order valence-corrected chi connectivity index (χ0v) is 10.3. The molecule has 1 heterocycles. The van der Waals surface area contributed by atoms with Gasteiger partial charge >= 0.3 is 0 Å². The zero-order chi connectivity index (χ0) is 11.6. The van der Waals surface area contributed by atoms with Crippen molar-refractivity contribution in [2.75, 3.05) is 13.2 Å². The summed E-state index contributed by atoms with van der Waals surface area (Å²) in [5.74, 6) is 1.71. The average Bonchev–Trinajstić information content (AvgIpc) is 2.58. The molecule has 0 fully saturated rings. The Morgan fingerprint density at radius 2 is 2.00 bits per heavy atom. The first-order chi connectivity index (χ1) is 7.55. The second-order valence-corrected chi connectivity index (χ2v) is 5.07. The van der Waals surface area contributed by atoms with Gasteiger partial charge in [-0.1, -0.05) is 25.4 Å². The Balaban J connectivity index is 1.91.